The van der Waals surface area contributed by atoms with Gasteiger partial charge in [0, 0.05) is 17.6 Å². The van der Waals surface area contributed by atoms with Crippen LogP contribution in [0, 0.1) is 0 Å². The minimum Gasteiger partial charge on any atom is -0.495 e. The third kappa shape index (κ3) is 4.73. The van der Waals surface area contributed by atoms with Crippen LogP contribution >= 0.6 is 15.9 Å². The topological polar surface area (TPSA) is 64.6 Å². The van der Waals surface area contributed by atoms with Gasteiger partial charge >= 0.3 is 0 Å². The normalized spacial score (nSPS) is 13.2. The molecule has 0 saturated carbocycles. The number of nitrogens with one attached hydrogen (secondary N) is 1. The molecule has 0 heterocycles. The van der Waals surface area contributed by atoms with E-state index in [0.717, 1.165) is 6.42 Å². The quantitative estimate of drug-likeness (QED) is 0.768. The van der Waals surface area contributed by atoms with Gasteiger partial charge in [-0.3, -0.25) is 0 Å². The molecule has 0 amide bonds. The molecule has 1 atom stereocenters. The predicted molar refractivity (Wildman–Crippen MR) is 81.6 cm³/mol. The van der Waals surface area contributed by atoms with E-state index in [-0.39, 0.29) is 10.9 Å². The lowest BCUT2D eigenvalue weighted by Crippen LogP contribution is -2.38. The number of rotatable bonds is 8. The van der Waals surface area contributed by atoms with Gasteiger partial charge in [0.1, 0.15) is 10.6 Å². The molecule has 0 spiro atoms. The van der Waals surface area contributed by atoms with Crippen molar-refractivity contribution in [2.75, 3.05) is 20.8 Å². The van der Waals surface area contributed by atoms with E-state index >= 15 is 0 Å². The third-order valence-corrected chi connectivity index (χ3v) is 4.78. The summed E-state index contributed by atoms with van der Waals surface area (Å²) in [7, 11) is -0.657. The first-order chi connectivity index (χ1) is 9.44. The van der Waals surface area contributed by atoms with Crippen LogP contribution in [0.4, 0.5) is 0 Å². The molecule has 0 bridgehead atoms. The highest BCUT2D eigenvalue weighted by Crippen LogP contribution is 2.27. The maximum absolute atomic E-state index is 12.5. The minimum absolute atomic E-state index is 0.117. The van der Waals surface area contributed by atoms with Gasteiger partial charge in [0.25, 0.3) is 0 Å². The molecular formula is C13H20BrNO4S. The Morgan fingerprint density at radius 3 is 2.60 bits per heavy atom. The van der Waals surface area contributed by atoms with Crippen molar-refractivity contribution >= 4 is 26.0 Å². The van der Waals surface area contributed by atoms with Crippen molar-refractivity contribution in [3.8, 4) is 5.75 Å². The van der Waals surface area contributed by atoms with Gasteiger partial charge in [-0.05, 0) is 24.6 Å². The number of ether oxygens (including phenoxy) is 2. The molecular weight excluding hydrogens is 346 g/mol. The van der Waals surface area contributed by atoms with Crippen LogP contribution < -0.4 is 9.46 Å². The molecule has 1 rings (SSSR count). The van der Waals surface area contributed by atoms with E-state index in [4.69, 9.17) is 9.47 Å². The summed E-state index contributed by atoms with van der Waals surface area (Å²) in [5, 5.41) is 0. The van der Waals surface area contributed by atoms with E-state index in [1.165, 1.54) is 13.2 Å². The number of halogens is 1. The largest absolute Gasteiger partial charge is 0.495 e. The lowest BCUT2D eigenvalue weighted by atomic mass is 10.2. The zero-order valence-electron chi connectivity index (χ0n) is 11.8. The minimum atomic E-state index is -3.65. The molecule has 0 aliphatic heterocycles. The summed E-state index contributed by atoms with van der Waals surface area (Å²) in [5.41, 5.74) is 0. The average Bonchev–Trinajstić information content (AvgIpc) is 2.39. The molecule has 114 valence electrons. The Morgan fingerprint density at radius 2 is 2.05 bits per heavy atom. The fourth-order valence-electron chi connectivity index (χ4n) is 1.87. The van der Waals surface area contributed by atoms with Crippen molar-refractivity contribution in [2.45, 2.75) is 30.7 Å². The Bertz CT molecular complexity index is 527. The summed E-state index contributed by atoms with van der Waals surface area (Å²) in [6.45, 7) is 2.33. The summed E-state index contributed by atoms with van der Waals surface area (Å²) in [6.07, 6.45) is 1.58. The molecule has 5 nitrogen and oxygen atoms in total. The van der Waals surface area contributed by atoms with Crippen LogP contribution in [0.25, 0.3) is 0 Å². The van der Waals surface area contributed by atoms with Crippen LogP contribution in [-0.4, -0.2) is 35.3 Å². The number of hydrogen-bond acceptors (Lipinski definition) is 4. The SMILES string of the molecule is CCCC(COC)NS(=O)(=O)c1cc(Br)ccc1OC. The Labute approximate surface area is 128 Å². The van der Waals surface area contributed by atoms with Crippen LogP contribution in [0.5, 0.6) is 5.75 Å². The van der Waals surface area contributed by atoms with E-state index in [2.05, 4.69) is 20.7 Å². The predicted octanol–water partition coefficient (Wildman–Crippen LogP) is 2.55. The molecule has 0 fully saturated rings. The number of methoxy groups -OCH3 is 2. The molecule has 1 aromatic rings. The fraction of sp³-hybridized carbons (Fsp3) is 0.538. The Morgan fingerprint density at radius 1 is 1.35 bits per heavy atom. The molecule has 7 heteroatoms. The van der Waals surface area contributed by atoms with E-state index in [1.54, 1.807) is 19.2 Å². The van der Waals surface area contributed by atoms with Crippen molar-refractivity contribution in [3.05, 3.63) is 22.7 Å². The van der Waals surface area contributed by atoms with Crippen LogP contribution in [0.15, 0.2) is 27.6 Å². The van der Waals surface area contributed by atoms with E-state index in [1.807, 2.05) is 6.92 Å². The second-order valence-electron chi connectivity index (χ2n) is 4.36. The van der Waals surface area contributed by atoms with Gasteiger partial charge in [-0.2, -0.15) is 0 Å². The standard InChI is InChI=1S/C13H20BrNO4S/c1-4-5-11(9-18-2)15-20(16,17)13-8-10(14)6-7-12(13)19-3/h6-8,11,15H,4-5,9H2,1-3H3. The maximum atomic E-state index is 12.5. The summed E-state index contributed by atoms with van der Waals surface area (Å²) < 4.78 is 38.4. The first-order valence-electron chi connectivity index (χ1n) is 6.29. The molecule has 0 aliphatic rings. The fourth-order valence-corrected chi connectivity index (χ4v) is 3.83. The van der Waals surface area contributed by atoms with Gasteiger partial charge in [-0.1, -0.05) is 29.3 Å². The summed E-state index contributed by atoms with van der Waals surface area (Å²) in [4.78, 5) is 0.117. The van der Waals surface area contributed by atoms with Crippen molar-refractivity contribution in [1.29, 1.82) is 0 Å². The number of benzene rings is 1. The average molecular weight is 366 g/mol. The molecule has 0 saturated heterocycles. The highest BCUT2D eigenvalue weighted by Gasteiger charge is 2.23. The van der Waals surface area contributed by atoms with Gasteiger partial charge in [0.2, 0.25) is 10.0 Å². The molecule has 1 N–H and O–H groups in total. The Hall–Kier alpha value is -0.630. The van der Waals surface area contributed by atoms with Crippen molar-refractivity contribution < 1.29 is 17.9 Å². The van der Waals surface area contributed by atoms with Gasteiger partial charge in [0.05, 0.1) is 13.7 Å². The van der Waals surface area contributed by atoms with Crippen molar-refractivity contribution in [3.63, 3.8) is 0 Å². The van der Waals surface area contributed by atoms with Gasteiger partial charge < -0.3 is 9.47 Å². The zero-order chi connectivity index (χ0) is 15.2. The number of sulfonamides is 1. The van der Waals surface area contributed by atoms with Crippen LogP contribution in [0.3, 0.4) is 0 Å². The second-order valence-corrected chi connectivity index (χ2v) is 6.96. The van der Waals surface area contributed by atoms with E-state index < -0.39 is 10.0 Å². The summed E-state index contributed by atoms with van der Waals surface area (Å²) >= 11 is 3.27. The first kappa shape index (κ1) is 17.4. The van der Waals surface area contributed by atoms with Crippen LogP contribution in [-0.2, 0) is 14.8 Å². The van der Waals surface area contributed by atoms with Crippen molar-refractivity contribution in [1.82, 2.24) is 4.72 Å². The monoisotopic (exact) mass is 365 g/mol. The maximum Gasteiger partial charge on any atom is 0.244 e. The van der Waals surface area contributed by atoms with E-state index in [0.29, 0.717) is 23.2 Å². The smallest absolute Gasteiger partial charge is 0.244 e. The van der Waals surface area contributed by atoms with Gasteiger partial charge in [-0.25, -0.2) is 13.1 Å². The van der Waals surface area contributed by atoms with Crippen molar-refractivity contribution in [2.24, 2.45) is 0 Å². The summed E-state index contributed by atoms with van der Waals surface area (Å²) in [6, 6.07) is 4.62. The molecule has 1 unspecified atom stereocenters. The van der Waals surface area contributed by atoms with E-state index in [9.17, 15) is 8.42 Å². The molecule has 0 radical (unpaired) electrons. The zero-order valence-corrected chi connectivity index (χ0v) is 14.3. The lowest BCUT2D eigenvalue weighted by molar-refractivity contribution is 0.171. The van der Waals surface area contributed by atoms with Gasteiger partial charge in [-0.15, -0.1) is 0 Å². The third-order valence-electron chi connectivity index (χ3n) is 2.74. The van der Waals surface area contributed by atoms with Crippen LogP contribution in [0.2, 0.25) is 0 Å². The second kappa shape index (κ2) is 7.97. The molecule has 20 heavy (non-hydrogen) atoms. The lowest BCUT2D eigenvalue weighted by Gasteiger charge is -2.18. The molecule has 0 aromatic heterocycles. The Kier molecular flexibility index (Phi) is 6.94. The first-order valence-corrected chi connectivity index (χ1v) is 8.57. The molecule has 1 aromatic carbocycles. The molecule has 0 aliphatic carbocycles. The highest BCUT2D eigenvalue weighted by atomic mass is 79.9. The summed E-state index contributed by atoms with van der Waals surface area (Å²) in [5.74, 6) is 0.313. The van der Waals surface area contributed by atoms with Gasteiger partial charge in [0.15, 0.2) is 0 Å². The Balaban J connectivity index is 3.06. The number of hydrogen-bond donors (Lipinski definition) is 1. The van der Waals surface area contributed by atoms with Crippen LogP contribution in [0.1, 0.15) is 19.8 Å². The highest BCUT2D eigenvalue weighted by molar-refractivity contribution is 9.10.